The van der Waals surface area contributed by atoms with Crippen LogP contribution in [0.5, 0.6) is 11.5 Å². The Labute approximate surface area is 131 Å². The van der Waals surface area contributed by atoms with Crippen LogP contribution in [-0.4, -0.2) is 18.1 Å². The molecule has 108 valence electrons. The number of halogens is 1. The van der Waals surface area contributed by atoms with Gasteiger partial charge in [-0.2, -0.15) is 0 Å². The second-order valence-electron chi connectivity index (χ2n) is 4.55. The predicted octanol–water partition coefficient (Wildman–Crippen LogP) is 3.38. The minimum Gasteiger partial charge on any atom is -0.493 e. The van der Waals surface area contributed by atoms with Crippen molar-refractivity contribution < 1.29 is 9.47 Å². The lowest BCUT2D eigenvalue weighted by Crippen LogP contribution is -2.17. The van der Waals surface area contributed by atoms with Crippen molar-refractivity contribution >= 4 is 27.3 Å². The number of aromatic nitrogens is 1. The Hall–Kier alpha value is -1.11. The van der Waals surface area contributed by atoms with Crippen molar-refractivity contribution in [1.29, 1.82) is 0 Å². The molecule has 1 aromatic heterocycles. The van der Waals surface area contributed by atoms with Crippen molar-refractivity contribution in [2.75, 3.05) is 7.11 Å². The molecular formula is C14H17BrN2O2S. The zero-order chi connectivity index (χ0) is 14.5. The van der Waals surface area contributed by atoms with Crippen molar-refractivity contribution in [2.45, 2.75) is 26.0 Å². The molecule has 0 aliphatic carbocycles. The van der Waals surface area contributed by atoms with Gasteiger partial charge < -0.3 is 15.2 Å². The first-order valence-corrected chi connectivity index (χ1v) is 7.89. The van der Waals surface area contributed by atoms with Crippen molar-refractivity contribution in [2.24, 2.45) is 5.73 Å². The molecule has 0 spiro atoms. The van der Waals surface area contributed by atoms with Gasteiger partial charge >= 0.3 is 0 Å². The Morgan fingerprint density at radius 3 is 2.85 bits per heavy atom. The number of methoxy groups -OCH3 is 1. The van der Waals surface area contributed by atoms with Crippen LogP contribution in [0.25, 0.3) is 0 Å². The predicted molar refractivity (Wildman–Crippen MR) is 84.5 cm³/mol. The molecule has 20 heavy (non-hydrogen) atoms. The summed E-state index contributed by atoms with van der Waals surface area (Å²) in [6.07, 6.45) is 2.60. The van der Waals surface area contributed by atoms with Gasteiger partial charge in [0.25, 0.3) is 0 Å². The van der Waals surface area contributed by atoms with Crippen LogP contribution < -0.4 is 15.2 Å². The van der Waals surface area contributed by atoms with Crippen LogP contribution in [-0.2, 0) is 13.0 Å². The van der Waals surface area contributed by atoms with E-state index in [0.717, 1.165) is 21.3 Å². The van der Waals surface area contributed by atoms with Crippen LogP contribution in [0.4, 0.5) is 0 Å². The fraction of sp³-hybridized carbons (Fsp3) is 0.357. The molecule has 0 aliphatic rings. The highest BCUT2D eigenvalue weighted by atomic mass is 79.9. The number of hydrogen-bond acceptors (Lipinski definition) is 5. The van der Waals surface area contributed by atoms with E-state index in [4.69, 9.17) is 15.2 Å². The summed E-state index contributed by atoms with van der Waals surface area (Å²) in [5.41, 5.74) is 8.74. The second-order valence-corrected chi connectivity index (χ2v) is 6.37. The molecule has 4 nitrogen and oxygen atoms in total. The summed E-state index contributed by atoms with van der Waals surface area (Å²) in [6.45, 7) is 2.46. The summed E-state index contributed by atoms with van der Waals surface area (Å²) < 4.78 is 12.1. The van der Waals surface area contributed by atoms with Crippen molar-refractivity contribution in [3.05, 3.63) is 38.8 Å². The van der Waals surface area contributed by atoms with E-state index in [1.54, 1.807) is 30.2 Å². The van der Waals surface area contributed by atoms with Crippen LogP contribution in [0.3, 0.4) is 0 Å². The molecular weight excluding hydrogens is 340 g/mol. The largest absolute Gasteiger partial charge is 0.493 e. The van der Waals surface area contributed by atoms with Gasteiger partial charge in [-0.15, -0.1) is 11.3 Å². The molecule has 1 atom stereocenters. The lowest BCUT2D eigenvalue weighted by Gasteiger charge is -2.14. The topological polar surface area (TPSA) is 57.4 Å². The van der Waals surface area contributed by atoms with Crippen LogP contribution >= 0.6 is 27.3 Å². The third-order valence-electron chi connectivity index (χ3n) is 2.69. The SMILES string of the molecule is COc1cc(CC(C)N)cc(Br)c1OCc1cncs1. The molecule has 0 fully saturated rings. The molecule has 0 aliphatic heterocycles. The Bertz CT molecular complexity index is 559. The van der Waals surface area contributed by atoms with Gasteiger partial charge in [0.2, 0.25) is 0 Å². The maximum atomic E-state index is 5.83. The first-order valence-electron chi connectivity index (χ1n) is 6.22. The molecule has 1 unspecified atom stereocenters. The maximum Gasteiger partial charge on any atom is 0.175 e. The standard InChI is InChI=1S/C14H17BrN2O2S/c1-9(16)3-10-4-12(15)14(13(5-10)18-2)19-7-11-6-17-8-20-11/h4-6,8-9H,3,7,16H2,1-2H3. The van der Waals surface area contributed by atoms with E-state index in [1.807, 2.05) is 19.1 Å². The van der Waals surface area contributed by atoms with Crippen LogP contribution in [0, 0.1) is 0 Å². The molecule has 0 saturated heterocycles. The lowest BCUT2D eigenvalue weighted by atomic mass is 10.1. The number of benzene rings is 1. The van der Waals surface area contributed by atoms with E-state index in [0.29, 0.717) is 18.1 Å². The Kier molecular flexibility index (Phi) is 5.39. The van der Waals surface area contributed by atoms with Gasteiger partial charge in [0, 0.05) is 12.2 Å². The van der Waals surface area contributed by atoms with Crippen LogP contribution in [0.15, 0.2) is 28.3 Å². The average molecular weight is 357 g/mol. The van der Waals surface area contributed by atoms with E-state index in [-0.39, 0.29) is 6.04 Å². The normalized spacial score (nSPS) is 12.2. The van der Waals surface area contributed by atoms with Crippen LogP contribution in [0.2, 0.25) is 0 Å². The van der Waals surface area contributed by atoms with Gasteiger partial charge in [0.05, 0.1) is 22.0 Å². The Morgan fingerprint density at radius 2 is 2.25 bits per heavy atom. The highest BCUT2D eigenvalue weighted by Crippen LogP contribution is 2.37. The molecule has 0 amide bonds. The fourth-order valence-corrected chi connectivity index (χ4v) is 2.97. The van der Waals surface area contributed by atoms with Crippen molar-refractivity contribution in [3.63, 3.8) is 0 Å². The zero-order valence-corrected chi connectivity index (χ0v) is 13.8. The smallest absolute Gasteiger partial charge is 0.175 e. The van der Waals surface area contributed by atoms with Gasteiger partial charge in [-0.1, -0.05) is 0 Å². The first kappa shape index (κ1) is 15.3. The van der Waals surface area contributed by atoms with Crippen molar-refractivity contribution in [3.8, 4) is 11.5 Å². The van der Waals surface area contributed by atoms with Crippen molar-refractivity contribution in [1.82, 2.24) is 4.98 Å². The minimum atomic E-state index is 0.107. The Morgan fingerprint density at radius 1 is 1.45 bits per heavy atom. The highest BCUT2D eigenvalue weighted by Gasteiger charge is 2.13. The highest BCUT2D eigenvalue weighted by molar-refractivity contribution is 9.10. The number of nitrogens with two attached hydrogens (primary N) is 1. The molecule has 2 aromatic rings. The third kappa shape index (κ3) is 3.94. The monoisotopic (exact) mass is 356 g/mol. The fourth-order valence-electron chi connectivity index (χ4n) is 1.86. The zero-order valence-electron chi connectivity index (χ0n) is 11.4. The Balaban J connectivity index is 2.18. The van der Waals surface area contributed by atoms with Gasteiger partial charge in [0.15, 0.2) is 11.5 Å². The maximum absolute atomic E-state index is 5.83. The van der Waals surface area contributed by atoms with Gasteiger partial charge in [0.1, 0.15) is 6.61 Å². The molecule has 1 heterocycles. The average Bonchev–Trinajstić information content (AvgIpc) is 2.89. The van der Waals surface area contributed by atoms with E-state index in [2.05, 4.69) is 20.9 Å². The number of rotatable bonds is 6. The summed E-state index contributed by atoms with van der Waals surface area (Å²) in [5, 5.41) is 0. The minimum absolute atomic E-state index is 0.107. The first-order chi connectivity index (χ1) is 9.60. The molecule has 1 aromatic carbocycles. The quantitative estimate of drug-likeness (QED) is 0.861. The number of ether oxygens (including phenoxy) is 2. The second kappa shape index (κ2) is 7.06. The van der Waals surface area contributed by atoms with E-state index < -0.39 is 0 Å². The van der Waals surface area contributed by atoms with E-state index in [1.165, 1.54) is 0 Å². The number of hydrogen-bond donors (Lipinski definition) is 1. The summed E-state index contributed by atoms with van der Waals surface area (Å²) in [4.78, 5) is 5.10. The molecule has 0 saturated carbocycles. The van der Waals surface area contributed by atoms with Gasteiger partial charge in [-0.05, 0) is 47.0 Å². The summed E-state index contributed by atoms with van der Waals surface area (Å²) in [6, 6.07) is 4.10. The summed E-state index contributed by atoms with van der Waals surface area (Å²) in [7, 11) is 1.64. The number of thiazole rings is 1. The van der Waals surface area contributed by atoms with E-state index in [9.17, 15) is 0 Å². The van der Waals surface area contributed by atoms with E-state index >= 15 is 0 Å². The molecule has 6 heteroatoms. The van der Waals surface area contributed by atoms with Gasteiger partial charge in [-0.3, -0.25) is 4.98 Å². The number of nitrogens with zero attached hydrogens (tertiary/aromatic N) is 1. The third-order valence-corrected chi connectivity index (χ3v) is 4.03. The lowest BCUT2D eigenvalue weighted by molar-refractivity contribution is 0.285. The molecule has 2 rings (SSSR count). The molecule has 2 N–H and O–H groups in total. The van der Waals surface area contributed by atoms with Gasteiger partial charge in [-0.25, -0.2) is 0 Å². The molecule has 0 radical (unpaired) electrons. The summed E-state index contributed by atoms with van der Waals surface area (Å²) in [5.74, 6) is 1.41. The summed E-state index contributed by atoms with van der Waals surface area (Å²) >= 11 is 5.10. The van der Waals surface area contributed by atoms with Crippen LogP contribution in [0.1, 0.15) is 17.4 Å². The molecule has 0 bridgehead atoms.